The molecule has 0 aliphatic carbocycles. The molecule has 2 rings (SSSR count). The second kappa shape index (κ2) is 6.85. The van der Waals surface area contributed by atoms with Gasteiger partial charge >= 0.3 is 0 Å². The first kappa shape index (κ1) is 15.0. The first-order valence-corrected chi connectivity index (χ1v) is 6.40. The first-order valence-electron chi connectivity index (χ1n) is 6.02. The molecule has 21 heavy (non-hydrogen) atoms. The SMILES string of the molecule is COc1ccc(C=NNC(=O)c2ccc(F)cc2)cc1Cl. The zero-order chi connectivity index (χ0) is 15.2. The summed E-state index contributed by atoms with van der Waals surface area (Å²) in [5.74, 6) is -0.266. The standard InChI is InChI=1S/C15H12ClFN2O2/c1-21-14-7-2-10(8-13(14)16)9-18-19-15(20)11-3-5-12(17)6-4-11/h2-9H,1H3,(H,19,20). The lowest BCUT2D eigenvalue weighted by molar-refractivity contribution is 0.0955. The number of nitrogens with one attached hydrogen (secondary N) is 1. The Morgan fingerprint density at radius 2 is 2.00 bits per heavy atom. The fourth-order valence-electron chi connectivity index (χ4n) is 1.59. The Morgan fingerprint density at radius 3 is 2.62 bits per heavy atom. The molecule has 0 saturated carbocycles. The molecule has 0 aliphatic rings. The molecule has 0 saturated heterocycles. The van der Waals surface area contributed by atoms with Gasteiger partial charge in [-0.25, -0.2) is 9.82 Å². The van der Waals surface area contributed by atoms with E-state index in [1.807, 2.05) is 0 Å². The molecule has 0 radical (unpaired) electrons. The minimum Gasteiger partial charge on any atom is -0.495 e. The number of ether oxygens (including phenoxy) is 1. The van der Waals surface area contributed by atoms with E-state index in [9.17, 15) is 9.18 Å². The normalized spacial score (nSPS) is 10.6. The van der Waals surface area contributed by atoms with Crippen molar-refractivity contribution < 1.29 is 13.9 Å². The predicted molar refractivity (Wildman–Crippen MR) is 79.5 cm³/mol. The van der Waals surface area contributed by atoms with Gasteiger partial charge in [0.25, 0.3) is 5.91 Å². The van der Waals surface area contributed by atoms with Crippen LogP contribution in [0, 0.1) is 5.82 Å². The van der Waals surface area contributed by atoms with Crippen LogP contribution in [0.3, 0.4) is 0 Å². The third kappa shape index (κ3) is 4.03. The van der Waals surface area contributed by atoms with Crippen LogP contribution in [0.1, 0.15) is 15.9 Å². The maximum absolute atomic E-state index is 12.7. The van der Waals surface area contributed by atoms with Crippen molar-refractivity contribution >= 4 is 23.7 Å². The first-order chi connectivity index (χ1) is 10.1. The summed E-state index contributed by atoms with van der Waals surface area (Å²) in [6.07, 6.45) is 1.45. The van der Waals surface area contributed by atoms with Crippen molar-refractivity contribution in [3.8, 4) is 5.75 Å². The maximum Gasteiger partial charge on any atom is 0.271 e. The van der Waals surface area contributed by atoms with Gasteiger partial charge in [0.1, 0.15) is 11.6 Å². The van der Waals surface area contributed by atoms with Crippen molar-refractivity contribution in [1.82, 2.24) is 5.43 Å². The Labute approximate surface area is 126 Å². The summed E-state index contributed by atoms with van der Waals surface area (Å²) in [6, 6.07) is 10.3. The zero-order valence-electron chi connectivity index (χ0n) is 11.1. The second-order valence-electron chi connectivity index (χ2n) is 4.10. The average Bonchev–Trinajstić information content (AvgIpc) is 2.48. The smallest absolute Gasteiger partial charge is 0.271 e. The van der Waals surface area contributed by atoms with Crippen LogP contribution in [0.15, 0.2) is 47.6 Å². The van der Waals surface area contributed by atoms with Crippen LogP contribution in [0.4, 0.5) is 4.39 Å². The van der Waals surface area contributed by atoms with Crippen LogP contribution in [-0.4, -0.2) is 19.2 Å². The fraction of sp³-hybridized carbons (Fsp3) is 0.0667. The molecule has 0 atom stereocenters. The van der Waals surface area contributed by atoms with E-state index in [0.717, 1.165) is 0 Å². The van der Waals surface area contributed by atoms with E-state index in [1.54, 1.807) is 18.2 Å². The summed E-state index contributed by atoms with van der Waals surface area (Å²) in [7, 11) is 1.53. The zero-order valence-corrected chi connectivity index (χ0v) is 11.9. The molecule has 0 aromatic heterocycles. The van der Waals surface area contributed by atoms with Crippen LogP contribution < -0.4 is 10.2 Å². The molecule has 0 fully saturated rings. The van der Waals surface area contributed by atoms with Crippen molar-refractivity contribution in [2.24, 2.45) is 5.10 Å². The predicted octanol–water partition coefficient (Wildman–Crippen LogP) is 3.25. The summed E-state index contributed by atoms with van der Waals surface area (Å²) in [4.78, 5) is 11.7. The average molecular weight is 307 g/mol. The molecule has 1 N–H and O–H groups in total. The Hall–Kier alpha value is -2.40. The minimum absolute atomic E-state index is 0.321. The number of halogens is 2. The van der Waals surface area contributed by atoms with Gasteiger partial charge in [0.15, 0.2) is 0 Å². The van der Waals surface area contributed by atoms with E-state index in [2.05, 4.69) is 10.5 Å². The third-order valence-corrected chi connectivity index (χ3v) is 2.96. The third-order valence-electron chi connectivity index (χ3n) is 2.66. The second-order valence-corrected chi connectivity index (χ2v) is 4.51. The number of carbonyl (C=O) groups excluding carboxylic acids is 1. The summed E-state index contributed by atoms with van der Waals surface area (Å²) in [5.41, 5.74) is 3.38. The molecule has 0 aliphatic heterocycles. The van der Waals surface area contributed by atoms with Crippen LogP contribution >= 0.6 is 11.6 Å². The molecule has 2 aromatic carbocycles. The minimum atomic E-state index is -0.425. The highest BCUT2D eigenvalue weighted by Crippen LogP contribution is 2.24. The molecular weight excluding hydrogens is 295 g/mol. The molecule has 0 unspecified atom stereocenters. The van der Waals surface area contributed by atoms with Gasteiger partial charge in [-0.05, 0) is 48.0 Å². The van der Waals surface area contributed by atoms with Crippen molar-refractivity contribution in [2.45, 2.75) is 0 Å². The van der Waals surface area contributed by atoms with Gasteiger partial charge in [0, 0.05) is 5.56 Å². The monoisotopic (exact) mass is 306 g/mol. The van der Waals surface area contributed by atoms with E-state index < -0.39 is 11.7 Å². The van der Waals surface area contributed by atoms with Gasteiger partial charge in [0.05, 0.1) is 18.3 Å². The highest BCUT2D eigenvalue weighted by Gasteiger charge is 2.04. The number of hydrogen-bond acceptors (Lipinski definition) is 3. The van der Waals surface area contributed by atoms with E-state index in [0.29, 0.717) is 21.9 Å². The van der Waals surface area contributed by atoms with Crippen molar-refractivity contribution in [1.29, 1.82) is 0 Å². The number of amides is 1. The Balaban J connectivity index is 2.00. The van der Waals surface area contributed by atoms with Gasteiger partial charge in [-0.2, -0.15) is 5.10 Å². The van der Waals surface area contributed by atoms with Crippen molar-refractivity contribution in [3.63, 3.8) is 0 Å². The topological polar surface area (TPSA) is 50.7 Å². The number of hydrogen-bond donors (Lipinski definition) is 1. The maximum atomic E-state index is 12.7. The molecule has 4 nitrogen and oxygen atoms in total. The van der Waals surface area contributed by atoms with E-state index in [4.69, 9.17) is 16.3 Å². The number of rotatable bonds is 4. The Morgan fingerprint density at radius 1 is 1.29 bits per heavy atom. The fourth-order valence-corrected chi connectivity index (χ4v) is 1.86. The summed E-state index contributed by atoms with van der Waals surface area (Å²) < 4.78 is 17.8. The van der Waals surface area contributed by atoms with Crippen molar-refractivity contribution in [2.75, 3.05) is 7.11 Å². The van der Waals surface area contributed by atoms with E-state index in [-0.39, 0.29) is 0 Å². The molecular formula is C15H12ClFN2O2. The molecule has 0 bridgehead atoms. The summed E-state index contributed by atoms with van der Waals surface area (Å²) in [6.45, 7) is 0. The van der Waals surface area contributed by atoms with Gasteiger partial charge in [-0.15, -0.1) is 0 Å². The summed E-state index contributed by atoms with van der Waals surface area (Å²) >= 11 is 5.97. The van der Waals surface area contributed by atoms with Gasteiger partial charge in [-0.1, -0.05) is 11.6 Å². The molecule has 0 spiro atoms. The molecule has 1 amide bonds. The van der Waals surface area contributed by atoms with Crippen LogP contribution in [-0.2, 0) is 0 Å². The largest absolute Gasteiger partial charge is 0.495 e. The van der Waals surface area contributed by atoms with Gasteiger partial charge in [0.2, 0.25) is 0 Å². The van der Waals surface area contributed by atoms with E-state index >= 15 is 0 Å². The Kier molecular flexibility index (Phi) is 4.90. The van der Waals surface area contributed by atoms with Crippen LogP contribution in [0.25, 0.3) is 0 Å². The highest BCUT2D eigenvalue weighted by atomic mass is 35.5. The number of nitrogens with zero attached hydrogens (tertiary/aromatic N) is 1. The lowest BCUT2D eigenvalue weighted by Crippen LogP contribution is -2.17. The molecule has 0 heterocycles. The Bertz CT molecular complexity index is 672. The molecule has 6 heteroatoms. The van der Waals surface area contributed by atoms with Crippen LogP contribution in [0.2, 0.25) is 5.02 Å². The number of benzene rings is 2. The van der Waals surface area contributed by atoms with Gasteiger partial charge < -0.3 is 4.74 Å². The molecule has 2 aromatic rings. The number of methoxy groups -OCH3 is 1. The number of hydrazone groups is 1. The van der Waals surface area contributed by atoms with Crippen LogP contribution in [0.5, 0.6) is 5.75 Å². The van der Waals surface area contributed by atoms with Crippen molar-refractivity contribution in [3.05, 3.63) is 64.4 Å². The lowest BCUT2D eigenvalue weighted by atomic mass is 10.2. The van der Waals surface area contributed by atoms with Gasteiger partial charge in [-0.3, -0.25) is 4.79 Å². The highest BCUT2D eigenvalue weighted by molar-refractivity contribution is 6.32. The summed E-state index contributed by atoms with van der Waals surface area (Å²) in [5, 5.41) is 4.27. The molecule has 108 valence electrons. The number of carbonyl (C=O) groups is 1. The lowest BCUT2D eigenvalue weighted by Gasteiger charge is -2.03. The van der Waals surface area contributed by atoms with E-state index in [1.165, 1.54) is 37.6 Å². The quantitative estimate of drug-likeness (QED) is 0.696.